The summed E-state index contributed by atoms with van der Waals surface area (Å²) >= 11 is 0. The molecule has 19 heavy (non-hydrogen) atoms. The van der Waals surface area contributed by atoms with Gasteiger partial charge in [-0.25, -0.2) is 4.98 Å². The van der Waals surface area contributed by atoms with Crippen molar-refractivity contribution in [2.45, 2.75) is 32.2 Å². The number of piperidine rings is 1. The number of fused-ring (bicyclic) bond motifs is 1. The number of methoxy groups -OCH3 is 1. The van der Waals surface area contributed by atoms with Gasteiger partial charge < -0.3 is 14.5 Å². The number of rotatable bonds is 3. The van der Waals surface area contributed by atoms with Crippen LogP contribution < -0.4 is 10.1 Å². The molecular weight excluding hydrogens is 240 g/mol. The second kappa shape index (κ2) is 5.21. The van der Waals surface area contributed by atoms with E-state index in [2.05, 4.69) is 17.2 Å². The molecule has 0 aliphatic carbocycles. The summed E-state index contributed by atoms with van der Waals surface area (Å²) in [7, 11) is 1.66. The van der Waals surface area contributed by atoms with E-state index >= 15 is 0 Å². The molecule has 1 aliphatic heterocycles. The highest BCUT2D eigenvalue weighted by atomic mass is 16.5. The lowest BCUT2D eigenvalue weighted by molar-refractivity contribution is 0.268. The number of oxazole rings is 1. The fraction of sp³-hybridized carbons (Fsp3) is 0.533. The van der Waals surface area contributed by atoms with Crippen LogP contribution in [0.3, 0.4) is 0 Å². The third-order valence-electron chi connectivity index (χ3n) is 4.00. The Morgan fingerprint density at radius 3 is 3.16 bits per heavy atom. The molecule has 1 aromatic carbocycles. The first-order chi connectivity index (χ1) is 9.30. The van der Waals surface area contributed by atoms with Crippen LogP contribution in [0.15, 0.2) is 22.6 Å². The van der Waals surface area contributed by atoms with E-state index in [1.165, 1.54) is 12.8 Å². The molecule has 1 aliphatic rings. The molecule has 2 atom stereocenters. The topological polar surface area (TPSA) is 47.3 Å². The summed E-state index contributed by atoms with van der Waals surface area (Å²) < 4.78 is 11.1. The summed E-state index contributed by atoms with van der Waals surface area (Å²) in [6.45, 7) is 3.30. The molecule has 0 bridgehead atoms. The van der Waals surface area contributed by atoms with Gasteiger partial charge in [-0.15, -0.1) is 0 Å². The Balaban J connectivity index is 1.88. The number of nitrogens with zero attached hydrogens (tertiary/aromatic N) is 1. The van der Waals surface area contributed by atoms with Crippen molar-refractivity contribution in [3.05, 3.63) is 24.1 Å². The lowest BCUT2D eigenvalue weighted by Crippen LogP contribution is -2.31. The first kappa shape index (κ1) is 12.5. The van der Waals surface area contributed by atoms with E-state index in [0.29, 0.717) is 0 Å². The molecule has 1 aromatic heterocycles. The van der Waals surface area contributed by atoms with Gasteiger partial charge >= 0.3 is 0 Å². The average molecular weight is 260 g/mol. The molecule has 2 heterocycles. The minimum Gasteiger partial charge on any atom is -0.497 e. The van der Waals surface area contributed by atoms with Crippen LogP contribution in [0.1, 0.15) is 38.1 Å². The first-order valence-corrected chi connectivity index (χ1v) is 6.98. The van der Waals surface area contributed by atoms with Crippen molar-refractivity contribution in [1.82, 2.24) is 10.3 Å². The van der Waals surface area contributed by atoms with Crippen LogP contribution in [0.2, 0.25) is 0 Å². The maximum Gasteiger partial charge on any atom is 0.212 e. The minimum absolute atomic E-state index is 0.247. The van der Waals surface area contributed by atoms with Crippen LogP contribution in [0.25, 0.3) is 11.1 Å². The molecule has 0 saturated carbocycles. The Hall–Kier alpha value is -1.55. The Bertz CT molecular complexity index is 564. The van der Waals surface area contributed by atoms with Crippen molar-refractivity contribution in [3.8, 4) is 5.75 Å². The predicted octanol–water partition coefficient (Wildman–Crippen LogP) is 3.29. The Labute approximate surface area is 113 Å². The predicted molar refractivity (Wildman–Crippen MR) is 74.3 cm³/mol. The number of ether oxygens (including phenoxy) is 1. The average Bonchev–Trinajstić information content (AvgIpc) is 2.90. The molecule has 4 heteroatoms. The van der Waals surface area contributed by atoms with Gasteiger partial charge in [-0.3, -0.25) is 0 Å². The van der Waals surface area contributed by atoms with Crippen molar-refractivity contribution in [3.63, 3.8) is 0 Å². The number of nitrogens with one attached hydrogen (secondary N) is 1. The molecule has 3 rings (SSSR count). The van der Waals surface area contributed by atoms with Crippen LogP contribution in [0.5, 0.6) is 5.75 Å². The molecule has 1 N–H and O–H groups in total. The fourth-order valence-electron chi connectivity index (χ4n) is 2.76. The zero-order valence-electron chi connectivity index (χ0n) is 11.5. The maximum atomic E-state index is 5.87. The fourth-order valence-corrected chi connectivity index (χ4v) is 2.76. The molecule has 0 radical (unpaired) electrons. The molecule has 0 spiro atoms. The molecule has 1 fully saturated rings. The standard InChI is InChI=1S/C15H20N2O2/c1-3-10-6-7-16-13(8-10)15-17-12-9-11(18-2)4-5-14(12)19-15/h4-5,9-10,13,16H,3,6-8H2,1-2H3. The largest absolute Gasteiger partial charge is 0.497 e. The van der Waals surface area contributed by atoms with Gasteiger partial charge in [0.2, 0.25) is 5.89 Å². The van der Waals surface area contributed by atoms with Crippen LogP contribution >= 0.6 is 0 Å². The monoisotopic (exact) mass is 260 g/mol. The molecule has 2 aromatic rings. The van der Waals surface area contributed by atoms with Gasteiger partial charge in [0.05, 0.1) is 13.2 Å². The second-order valence-electron chi connectivity index (χ2n) is 5.19. The Morgan fingerprint density at radius 1 is 1.47 bits per heavy atom. The molecule has 4 nitrogen and oxygen atoms in total. The van der Waals surface area contributed by atoms with Crippen LogP contribution in [0, 0.1) is 5.92 Å². The summed E-state index contributed by atoms with van der Waals surface area (Å²) in [6, 6.07) is 5.99. The van der Waals surface area contributed by atoms with Crippen LogP contribution in [0.4, 0.5) is 0 Å². The van der Waals surface area contributed by atoms with Gasteiger partial charge in [-0.05, 0) is 37.4 Å². The van der Waals surface area contributed by atoms with E-state index in [9.17, 15) is 0 Å². The normalized spacial score (nSPS) is 23.7. The molecular formula is C15H20N2O2. The highest BCUT2D eigenvalue weighted by Crippen LogP contribution is 2.31. The van der Waals surface area contributed by atoms with E-state index in [0.717, 1.165) is 41.6 Å². The van der Waals surface area contributed by atoms with Crippen molar-refractivity contribution < 1.29 is 9.15 Å². The van der Waals surface area contributed by atoms with Crippen LogP contribution in [-0.4, -0.2) is 18.6 Å². The van der Waals surface area contributed by atoms with Crippen molar-refractivity contribution in [2.75, 3.05) is 13.7 Å². The zero-order valence-corrected chi connectivity index (χ0v) is 11.5. The Kier molecular flexibility index (Phi) is 3.42. The second-order valence-corrected chi connectivity index (χ2v) is 5.19. The van der Waals surface area contributed by atoms with Gasteiger partial charge in [-0.2, -0.15) is 0 Å². The molecule has 0 amide bonds. The van der Waals surface area contributed by atoms with E-state index in [4.69, 9.17) is 9.15 Å². The van der Waals surface area contributed by atoms with Crippen molar-refractivity contribution >= 4 is 11.1 Å². The summed E-state index contributed by atoms with van der Waals surface area (Å²) in [6.07, 6.45) is 3.59. The highest BCUT2D eigenvalue weighted by molar-refractivity contribution is 5.74. The summed E-state index contributed by atoms with van der Waals surface area (Å²) in [5.41, 5.74) is 1.70. The smallest absolute Gasteiger partial charge is 0.212 e. The van der Waals surface area contributed by atoms with Gasteiger partial charge in [0.15, 0.2) is 5.58 Å². The SMILES string of the molecule is CCC1CCNC(c2nc3cc(OC)ccc3o2)C1. The van der Waals surface area contributed by atoms with E-state index in [-0.39, 0.29) is 6.04 Å². The van der Waals surface area contributed by atoms with Gasteiger partial charge in [-0.1, -0.05) is 13.3 Å². The van der Waals surface area contributed by atoms with E-state index < -0.39 is 0 Å². The van der Waals surface area contributed by atoms with Gasteiger partial charge in [0, 0.05) is 6.07 Å². The van der Waals surface area contributed by atoms with Crippen molar-refractivity contribution in [1.29, 1.82) is 0 Å². The summed E-state index contributed by atoms with van der Waals surface area (Å²) in [4.78, 5) is 4.60. The minimum atomic E-state index is 0.247. The summed E-state index contributed by atoms with van der Waals surface area (Å²) in [5, 5.41) is 3.50. The van der Waals surface area contributed by atoms with Crippen molar-refractivity contribution in [2.24, 2.45) is 5.92 Å². The first-order valence-electron chi connectivity index (χ1n) is 6.98. The molecule has 2 unspecified atom stereocenters. The molecule has 102 valence electrons. The quantitative estimate of drug-likeness (QED) is 0.920. The van der Waals surface area contributed by atoms with E-state index in [1.54, 1.807) is 7.11 Å². The third-order valence-corrected chi connectivity index (χ3v) is 4.00. The van der Waals surface area contributed by atoms with Gasteiger partial charge in [0.1, 0.15) is 11.3 Å². The third kappa shape index (κ3) is 2.45. The van der Waals surface area contributed by atoms with Gasteiger partial charge in [0.25, 0.3) is 0 Å². The number of aromatic nitrogens is 1. The zero-order chi connectivity index (χ0) is 13.2. The highest BCUT2D eigenvalue weighted by Gasteiger charge is 2.25. The molecule has 1 saturated heterocycles. The number of hydrogen-bond acceptors (Lipinski definition) is 4. The summed E-state index contributed by atoms with van der Waals surface area (Å²) in [5.74, 6) is 2.40. The maximum absolute atomic E-state index is 5.87. The van der Waals surface area contributed by atoms with E-state index in [1.807, 2.05) is 18.2 Å². The number of benzene rings is 1. The lowest BCUT2D eigenvalue weighted by atomic mass is 9.90. The Morgan fingerprint density at radius 2 is 2.37 bits per heavy atom. The number of hydrogen-bond donors (Lipinski definition) is 1. The lowest BCUT2D eigenvalue weighted by Gasteiger charge is -2.27. The van der Waals surface area contributed by atoms with Crippen LogP contribution in [-0.2, 0) is 0 Å².